The number of amides is 4. The third kappa shape index (κ3) is 11.6. The third-order valence-corrected chi connectivity index (χ3v) is 13.6. The fourth-order valence-corrected chi connectivity index (χ4v) is 10.1. The van der Waals surface area contributed by atoms with Gasteiger partial charge in [-0.2, -0.15) is 5.26 Å². The molecule has 19 heteroatoms. The van der Waals surface area contributed by atoms with Crippen molar-refractivity contribution < 1.29 is 38.5 Å². The maximum absolute atomic E-state index is 14.1. The Kier molecular flexibility index (Phi) is 15.8. The lowest BCUT2D eigenvalue weighted by Crippen LogP contribution is -2.74. The fraction of sp³-hybridized carbons (Fsp3) is 0.500. The van der Waals surface area contributed by atoms with Gasteiger partial charge < -0.3 is 34.9 Å². The van der Waals surface area contributed by atoms with Crippen LogP contribution in [0.25, 0.3) is 10.4 Å². The molecule has 4 N–H and O–H groups in total. The number of ether oxygens (including phenoxy) is 3. The van der Waals surface area contributed by atoms with E-state index in [2.05, 4.69) is 31.0 Å². The number of nitrogens with one attached hydrogen (secondary N) is 3. The number of carbonyl (C=O) groups is 4. The summed E-state index contributed by atoms with van der Waals surface area (Å²) >= 11 is 7.80. The Morgan fingerprint density at radius 1 is 1.06 bits per heavy atom. The zero-order chi connectivity index (χ0) is 48.8. The lowest BCUT2D eigenvalue weighted by molar-refractivity contribution is -0.164. The van der Waals surface area contributed by atoms with E-state index in [1.807, 2.05) is 85.7 Å². The van der Waals surface area contributed by atoms with Crippen molar-refractivity contribution in [3.63, 3.8) is 0 Å². The van der Waals surface area contributed by atoms with Gasteiger partial charge >= 0.3 is 0 Å². The summed E-state index contributed by atoms with van der Waals surface area (Å²) in [5, 5.41) is 27.7. The van der Waals surface area contributed by atoms with Gasteiger partial charge in [0.15, 0.2) is 0 Å². The Morgan fingerprint density at radius 3 is 2.40 bits per heavy atom. The molecule has 1 aliphatic heterocycles. The van der Waals surface area contributed by atoms with Crippen LogP contribution in [0.3, 0.4) is 0 Å². The first-order valence-corrected chi connectivity index (χ1v) is 23.4. The second-order valence-corrected chi connectivity index (χ2v) is 20.5. The SMILES string of the molecule is Cc1ncsc1-c1ccc(N(C)NC(=O)[C@@H]2C[C@@H](O)CN2C(=O)C(NC(=O)COCCCCOc2ncncc2C(=O)NC2C(C)(C)C(Oc3ccc(C#N)c(Cl)c3)C2(C)C)C(C)(C)C)cc1. The smallest absolute Gasteiger partial charge is 0.261 e. The molecule has 2 fully saturated rings. The van der Waals surface area contributed by atoms with Crippen LogP contribution in [0.15, 0.2) is 60.5 Å². The predicted octanol–water partition coefficient (Wildman–Crippen LogP) is 5.88. The van der Waals surface area contributed by atoms with E-state index in [-0.39, 0.29) is 56.4 Å². The molecule has 358 valence electrons. The van der Waals surface area contributed by atoms with Crippen molar-refractivity contribution >= 4 is 52.3 Å². The monoisotopic (exact) mass is 957 g/mol. The molecule has 1 aliphatic carbocycles. The summed E-state index contributed by atoms with van der Waals surface area (Å²) in [5.41, 5.74) is 6.15. The Hall–Kier alpha value is -5.87. The van der Waals surface area contributed by atoms with Gasteiger partial charge in [0, 0.05) is 55.8 Å². The summed E-state index contributed by atoms with van der Waals surface area (Å²) in [5.74, 6) is -1.18. The van der Waals surface area contributed by atoms with Crippen molar-refractivity contribution in [3.05, 3.63) is 82.3 Å². The van der Waals surface area contributed by atoms with Crippen LogP contribution in [0.4, 0.5) is 5.69 Å². The van der Waals surface area contributed by atoms with Crippen LogP contribution >= 0.6 is 22.9 Å². The number of unbranched alkanes of at least 4 members (excludes halogenated alkanes) is 1. The van der Waals surface area contributed by atoms with Crippen molar-refractivity contribution in [1.29, 1.82) is 5.26 Å². The number of aliphatic hydroxyl groups is 1. The van der Waals surface area contributed by atoms with Gasteiger partial charge in [-0.15, -0.1) is 11.3 Å². The number of β-amino-alcohol motifs (C(OH)–C–C–N with tert-alkyl or cyclic N) is 1. The van der Waals surface area contributed by atoms with E-state index in [0.29, 0.717) is 29.2 Å². The standard InChI is InChI=1S/C48H60ClN9O8S/c1-28-38(67-27-53-28)29-12-15-31(16-13-29)57(9)56-41(62)36-20-32(59)24-58(36)43(63)39(46(2,3)4)54-37(60)25-64-18-10-11-19-65-42-34(23-51-26-52-42)40(61)55-44-47(5,6)45(48(44,7)8)66-33-17-14-30(22-50)35(49)21-33/h12-17,21,23,26-27,32,36,39,44-45,59H,10-11,18-20,24-25H2,1-9H3,(H,54,60)(H,55,61)(H,56,62)/t32-,36+,39?,44?,45?/m1/s1. The van der Waals surface area contributed by atoms with Gasteiger partial charge in [0.1, 0.15) is 48.5 Å². The van der Waals surface area contributed by atoms with Gasteiger partial charge in [0.2, 0.25) is 17.7 Å². The average molecular weight is 959 g/mol. The van der Waals surface area contributed by atoms with Crippen molar-refractivity contribution in [3.8, 4) is 28.1 Å². The van der Waals surface area contributed by atoms with E-state index in [0.717, 1.165) is 21.8 Å². The number of hydrazine groups is 1. The summed E-state index contributed by atoms with van der Waals surface area (Å²) < 4.78 is 17.9. The van der Waals surface area contributed by atoms with Crippen LogP contribution in [-0.2, 0) is 19.1 Å². The normalized spacial score (nSPS) is 19.9. The zero-order valence-electron chi connectivity index (χ0n) is 39.4. The minimum absolute atomic E-state index is 0.0469. The Labute approximate surface area is 400 Å². The largest absolute Gasteiger partial charge is 0.489 e. The highest BCUT2D eigenvalue weighted by Crippen LogP contribution is 2.55. The molecule has 4 amide bonds. The van der Waals surface area contributed by atoms with E-state index in [4.69, 9.17) is 25.8 Å². The number of nitrogens with zero attached hydrogens (tertiary/aromatic N) is 6. The van der Waals surface area contributed by atoms with E-state index >= 15 is 0 Å². The second kappa shape index (κ2) is 21.0. The van der Waals surface area contributed by atoms with Gasteiger partial charge in [0.25, 0.3) is 11.8 Å². The van der Waals surface area contributed by atoms with E-state index in [1.54, 1.807) is 47.1 Å². The molecule has 1 saturated heterocycles. The Bertz CT molecular complexity index is 2450. The fourth-order valence-electron chi connectivity index (χ4n) is 9.08. The first-order chi connectivity index (χ1) is 31.6. The van der Waals surface area contributed by atoms with Gasteiger partial charge in [-0.25, -0.2) is 15.0 Å². The second-order valence-electron chi connectivity index (χ2n) is 19.3. The molecule has 4 aromatic rings. The number of nitriles is 1. The minimum Gasteiger partial charge on any atom is -0.489 e. The number of aromatic nitrogens is 3. The highest BCUT2D eigenvalue weighted by molar-refractivity contribution is 7.13. The molecule has 3 heterocycles. The molecule has 17 nitrogen and oxygen atoms in total. The first-order valence-electron chi connectivity index (χ1n) is 22.1. The number of aryl methyl sites for hydroxylation is 1. The predicted molar refractivity (Wildman–Crippen MR) is 253 cm³/mol. The first kappa shape index (κ1) is 50.5. The molecule has 2 aliphatic rings. The molecular weight excluding hydrogens is 898 g/mol. The van der Waals surface area contributed by atoms with Crippen molar-refractivity contribution in [1.82, 2.24) is 35.9 Å². The van der Waals surface area contributed by atoms with Crippen LogP contribution in [0, 0.1) is 34.5 Å². The lowest BCUT2D eigenvalue weighted by atomic mass is 9.49. The molecule has 1 saturated carbocycles. The number of likely N-dealkylation sites (tertiary alicyclic amines) is 1. The molecule has 2 aromatic heterocycles. The molecule has 6 rings (SSSR count). The van der Waals surface area contributed by atoms with Gasteiger partial charge in [0.05, 0.1) is 45.1 Å². The third-order valence-electron chi connectivity index (χ3n) is 12.3. The topological polar surface area (TPSA) is 221 Å². The molecule has 1 unspecified atom stereocenters. The van der Waals surface area contributed by atoms with Gasteiger partial charge in [-0.3, -0.25) is 29.6 Å². The number of anilines is 1. The summed E-state index contributed by atoms with van der Waals surface area (Å²) in [6, 6.07) is 12.4. The molecule has 0 spiro atoms. The number of hydrogen-bond donors (Lipinski definition) is 4. The number of carbonyl (C=O) groups excluding carboxylic acids is 4. The number of halogens is 1. The van der Waals surface area contributed by atoms with Crippen LogP contribution < -0.4 is 30.5 Å². The quantitative estimate of drug-likeness (QED) is 0.0677. The van der Waals surface area contributed by atoms with Gasteiger partial charge in [-0.1, -0.05) is 72.2 Å². The Morgan fingerprint density at radius 2 is 1.76 bits per heavy atom. The lowest BCUT2D eigenvalue weighted by Gasteiger charge is -2.63. The molecule has 3 atom stereocenters. The number of thiazole rings is 1. The van der Waals surface area contributed by atoms with Gasteiger partial charge in [-0.05, 0) is 55.0 Å². The van der Waals surface area contributed by atoms with E-state index in [1.165, 1.54) is 17.4 Å². The summed E-state index contributed by atoms with van der Waals surface area (Å²) in [6.07, 6.45) is 2.60. The van der Waals surface area contributed by atoms with E-state index in [9.17, 15) is 29.5 Å². The molecule has 67 heavy (non-hydrogen) atoms. The van der Waals surface area contributed by atoms with Crippen molar-refractivity contribution in [2.45, 2.75) is 105 Å². The van der Waals surface area contributed by atoms with Crippen LogP contribution in [-0.4, -0.2) is 112 Å². The molecule has 0 bridgehead atoms. The highest BCUT2D eigenvalue weighted by Gasteiger charge is 2.64. The maximum atomic E-state index is 14.1. The highest BCUT2D eigenvalue weighted by atomic mass is 35.5. The zero-order valence-corrected chi connectivity index (χ0v) is 41.0. The minimum atomic E-state index is -1.01. The van der Waals surface area contributed by atoms with Crippen LogP contribution in [0.5, 0.6) is 11.6 Å². The summed E-state index contributed by atoms with van der Waals surface area (Å²) in [4.78, 5) is 69.5. The summed E-state index contributed by atoms with van der Waals surface area (Å²) in [6.45, 7) is 15.5. The van der Waals surface area contributed by atoms with Crippen molar-refractivity contribution in [2.75, 3.05) is 38.4 Å². The molecule has 2 aromatic carbocycles. The average Bonchev–Trinajstić information content (AvgIpc) is 3.90. The maximum Gasteiger partial charge on any atom is 0.261 e. The number of rotatable bonds is 18. The Balaban J connectivity index is 0.943. The van der Waals surface area contributed by atoms with Crippen LogP contribution in [0.1, 0.15) is 89.3 Å². The number of aliphatic hydroxyl groups excluding tert-OH is 1. The van der Waals surface area contributed by atoms with E-state index < -0.39 is 58.1 Å². The number of benzene rings is 2. The van der Waals surface area contributed by atoms with Crippen LogP contribution in [0.2, 0.25) is 5.02 Å². The van der Waals surface area contributed by atoms with Crippen molar-refractivity contribution in [2.24, 2.45) is 16.2 Å². The summed E-state index contributed by atoms with van der Waals surface area (Å²) in [7, 11) is 1.70. The molecule has 0 radical (unpaired) electrons. The molecular formula is C48H60ClN9O8S. The number of hydrogen-bond acceptors (Lipinski definition) is 14.